The maximum absolute atomic E-state index is 13.5. The van der Waals surface area contributed by atoms with Crippen LogP contribution in [-0.4, -0.2) is 35.9 Å². The third kappa shape index (κ3) is 8.01. The number of nitrogens with zero attached hydrogens (tertiary/aromatic N) is 1. The summed E-state index contributed by atoms with van der Waals surface area (Å²) in [5, 5.41) is 4.20. The Kier molecular flexibility index (Phi) is 10.0. The highest BCUT2D eigenvalue weighted by Crippen LogP contribution is 2.22. The Morgan fingerprint density at radius 3 is 2.34 bits per heavy atom. The Bertz CT molecular complexity index is 1120. The molecule has 184 valence electrons. The minimum atomic E-state index is -0.706. The fourth-order valence-corrected chi connectivity index (χ4v) is 3.88. The van der Waals surface area contributed by atoms with E-state index in [0.717, 1.165) is 23.1 Å². The number of hydrogen-bond donors (Lipinski definition) is 1. The molecular formula is C28H30Cl2N2O3. The van der Waals surface area contributed by atoms with E-state index in [1.54, 1.807) is 35.2 Å². The first kappa shape index (κ1) is 26.6. The zero-order valence-corrected chi connectivity index (χ0v) is 21.5. The van der Waals surface area contributed by atoms with Crippen molar-refractivity contribution in [1.82, 2.24) is 10.2 Å². The zero-order chi connectivity index (χ0) is 25.2. The van der Waals surface area contributed by atoms with Crippen molar-refractivity contribution in [3.05, 3.63) is 99.5 Å². The lowest BCUT2D eigenvalue weighted by molar-refractivity contribution is -0.142. The summed E-state index contributed by atoms with van der Waals surface area (Å²) in [6.07, 6.45) is 1.18. The maximum Gasteiger partial charge on any atom is 0.261 e. The summed E-state index contributed by atoms with van der Waals surface area (Å²) < 4.78 is 5.80. The lowest BCUT2D eigenvalue weighted by Gasteiger charge is -2.31. The van der Waals surface area contributed by atoms with E-state index in [0.29, 0.717) is 28.8 Å². The molecule has 0 aliphatic heterocycles. The van der Waals surface area contributed by atoms with Crippen LogP contribution in [0.3, 0.4) is 0 Å². The van der Waals surface area contributed by atoms with Gasteiger partial charge in [0.2, 0.25) is 5.91 Å². The van der Waals surface area contributed by atoms with Gasteiger partial charge >= 0.3 is 0 Å². The van der Waals surface area contributed by atoms with Gasteiger partial charge in [-0.05, 0) is 60.4 Å². The number of aryl methyl sites for hydroxylation is 1. The van der Waals surface area contributed by atoms with Gasteiger partial charge in [0, 0.05) is 29.6 Å². The van der Waals surface area contributed by atoms with Gasteiger partial charge in [0.1, 0.15) is 11.8 Å². The Balaban J connectivity index is 1.88. The normalized spacial score (nSPS) is 11.5. The second kappa shape index (κ2) is 13.2. The van der Waals surface area contributed by atoms with Crippen molar-refractivity contribution in [2.75, 3.05) is 13.2 Å². The number of halogens is 2. The molecular weight excluding hydrogens is 483 g/mol. The van der Waals surface area contributed by atoms with Crippen molar-refractivity contribution >= 4 is 35.0 Å². The van der Waals surface area contributed by atoms with E-state index in [4.69, 9.17) is 27.9 Å². The van der Waals surface area contributed by atoms with Gasteiger partial charge in [0.25, 0.3) is 5.91 Å². The van der Waals surface area contributed by atoms with Crippen LogP contribution >= 0.6 is 23.2 Å². The summed E-state index contributed by atoms with van der Waals surface area (Å²) in [4.78, 5) is 28.4. The second-order valence-electron chi connectivity index (χ2n) is 8.34. The van der Waals surface area contributed by atoms with E-state index in [2.05, 4.69) is 5.32 Å². The molecule has 5 nitrogen and oxygen atoms in total. The molecule has 0 aliphatic rings. The van der Waals surface area contributed by atoms with Gasteiger partial charge in [0.15, 0.2) is 6.61 Å². The molecule has 0 aromatic heterocycles. The van der Waals surface area contributed by atoms with Crippen LogP contribution in [0, 0.1) is 6.92 Å². The number of ether oxygens (including phenoxy) is 1. The molecule has 1 N–H and O–H groups in total. The zero-order valence-electron chi connectivity index (χ0n) is 20.0. The van der Waals surface area contributed by atoms with Crippen molar-refractivity contribution in [3.63, 3.8) is 0 Å². The number of carbonyl (C=O) groups is 2. The van der Waals surface area contributed by atoms with Gasteiger partial charge in [-0.1, -0.05) is 72.6 Å². The lowest BCUT2D eigenvalue weighted by Crippen LogP contribution is -2.51. The third-order valence-corrected chi connectivity index (χ3v) is 6.25. The van der Waals surface area contributed by atoms with Gasteiger partial charge in [0.05, 0.1) is 0 Å². The average molecular weight is 513 g/mol. The molecule has 0 spiro atoms. The second-order valence-corrected chi connectivity index (χ2v) is 9.19. The first-order valence-electron chi connectivity index (χ1n) is 11.6. The van der Waals surface area contributed by atoms with E-state index >= 15 is 0 Å². The van der Waals surface area contributed by atoms with E-state index in [1.807, 2.05) is 56.3 Å². The predicted octanol–water partition coefficient (Wildman–Crippen LogP) is 5.85. The number of rotatable bonds is 11. The number of amides is 2. The van der Waals surface area contributed by atoms with Gasteiger partial charge in [-0.25, -0.2) is 0 Å². The molecule has 0 aliphatic carbocycles. The first-order valence-corrected chi connectivity index (χ1v) is 12.4. The van der Waals surface area contributed by atoms with Crippen molar-refractivity contribution < 1.29 is 14.3 Å². The molecule has 0 saturated carbocycles. The molecule has 3 aromatic carbocycles. The number of benzene rings is 3. The lowest BCUT2D eigenvalue weighted by atomic mass is 10.0. The molecule has 0 heterocycles. The molecule has 1 atom stereocenters. The average Bonchev–Trinajstić information content (AvgIpc) is 2.87. The van der Waals surface area contributed by atoms with E-state index in [9.17, 15) is 9.59 Å². The van der Waals surface area contributed by atoms with Crippen molar-refractivity contribution in [3.8, 4) is 5.75 Å². The summed E-state index contributed by atoms with van der Waals surface area (Å²) >= 11 is 12.2. The summed E-state index contributed by atoms with van der Waals surface area (Å²) in [6.45, 7) is 4.44. The topological polar surface area (TPSA) is 58.6 Å². The number of carbonyl (C=O) groups excluding carboxylic acids is 2. The fourth-order valence-electron chi connectivity index (χ4n) is 3.64. The molecule has 2 amide bonds. The van der Waals surface area contributed by atoms with Gasteiger partial charge in [-0.3, -0.25) is 9.59 Å². The van der Waals surface area contributed by atoms with E-state index in [1.165, 1.54) is 0 Å². The quantitative estimate of drug-likeness (QED) is 0.350. The summed E-state index contributed by atoms with van der Waals surface area (Å²) in [5.41, 5.74) is 2.69. The summed E-state index contributed by atoms with van der Waals surface area (Å²) in [6, 6.07) is 21.5. The smallest absolute Gasteiger partial charge is 0.261 e. The standard InChI is InChI=1S/C28H30Cl2N2O3/c1-3-15-31-28(34)26(17-21-7-5-4-6-8-21)32(18-22-9-11-23(29)12-10-22)27(33)19-35-24-13-14-25(30)20(2)16-24/h4-14,16,26H,3,15,17-19H2,1-2H3,(H,31,34). The first-order chi connectivity index (χ1) is 16.9. The van der Waals surface area contributed by atoms with Crippen LogP contribution in [-0.2, 0) is 22.6 Å². The summed E-state index contributed by atoms with van der Waals surface area (Å²) in [5.74, 6) is 0.0576. The monoisotopic (exact) mass is 512 g/mol. The van der Waals surface area contributed by atoms with Crippen LogP contribution in [0.5, 0.6) is 5.75 Å². The Morgan fingerprint density at radius 2 is 1.69 bits per heavy atom. The fraction of sp³-hybridized carbons (Fsp3) is 0.286. The van der Waals surface area contributed by atoms with Crippen molar-refractivity contribution in [2.24, 2.45) is 0 Å². The van der Waals surface area contributed by atoms with Crippen LogP contribution in [0.4, 0.5) is 0 Å². The van der Waals surface area contributed by atoms with Crippen molar-refractivity contribution in [2.45, 2.75) is 39.3 Å². The SMILES string of the molecule is CCCNC(=O)C(Cc1ccccc1)N(Cc1ccc(Cl)cc1)C(=O)COc1ccc(Cl)c(C)c1. The van der Waals surface area contributed by atoms with Gasteiger partial charge in [-0.15, -0.1) is 0 Å². The molecule has 0 fully saturated rings. The molecule has 3 aromatic rings. The predicted molar refractivity (Wildman–Crippen MR) is 141 cm³/mol. The number of hydrogen-bond acceptors (Lipinski definition) is 3. The van der Waals surface area contributed by atoms with Crippen molar-refractivity contribution in [1.29, 1.82) is 0 Å². The highest BCUT2D eigenvalue weighted by atomic mass is 35.5. The van der Waals surface area contributed by atoms with Crippen LogP contribution in [0.25, 0.3) is 0 Å². The highest BCUT2D eigenvalue weighted by molar-refractivity contribution is 6.31. The van der Waals surface area contributed by atoms with Crippen LogP contribution in [0.15, 0.2) is 72.8 Å². The van der Waals surface area contributed by atoms with E-state index in [-0.39, 0.29) is 25.0 Å². The molecule has 0 bridgehead atoms. The largest absolute Gasteiger partial charge is 0.484 e. The molecule has 0 radical (unpaired) electrons. The minimum Gasteiger partial charge on any atom is -0.484 e. The molecule has 3 rings (SSSR count). The van der Waals surface area contributed by atoms with Gasteiger partial charge < -0.3 is 15.0 Å². The molecule has 1 unspecified atom stereocenters. The molecule has 35 heavy (non-hydrogen) atoms. The van der Waals surface area contributed by atoms with Gasteiger partial charge in [-0.2, -0.15) is 0 Å². The molecule has 7 heteroatoms. The Hall–Kier alpha value is -3.02. The Labute approximate surface area is 217 Å². The Morgan fingerprint density at radius 1 is 0.971 bits per heavy atom. The number of nitrogens with one attached hydrogen (secondary N) is 1. The molecule has 0 saturated heterocycles. The summed E-state index contributed by atoms with van der Waals surface area (Å²) in [7, 11) is 0. The highest BCUT2D eigenvalue weighted by Gasteiger charge is 2.30. The van der Waals surface area contributed by atoms with Crippen LogP contribution in [0.1, 0.15) is 30.0 Å². The maximum atomic E-state index is 13.5. The van der Waals surface area contributed by atoms with Crippen LogP contribution < -0.4 is 10.1 Å². The van der Waals surface area contributed by atoms with E-state index < -0.39 is 6.04 Å². The van der Waals surface area contributed by atoms with Crippen LogP contribution in [0.2, 0.25) is 10.0 Å². The third-order valence-electron chi connectivity index (χ3n) is 5.58. The minimum absolute atomic E-state index is 0.194.